The van der Waals surface area contributed by atoms with Gasteiger partial charge < -0.3 is 9.88 Å². The molecule has 0 aliphatic heterocycles. The second-order valence-corrected chi connectivity index (χ2v) is 4.03. The van der Waals surface area contributed by atoms with E-state index < -0.39 is 0 Å². The maximum absolute atomic E-state index is 4.49. The summed E-state index contributed by atoms with van der Waals surface area (Å²) in [6.45, 7) is 8.57. The van der Waals surface area contributed by atoms with E-state index in [1.165, 1.54) is 25.7 Å². The van der Waals surface area contributed by atoms with Crippen LogP contribution in [0.3, 0.4) is 0 Å². The Hall–Kier alpha value is -0.990. The molecule has 0 unspecified atom stereocenters. The van der Waals surface area contributed by atoms with E-state index in [9.17, 15) is 0 Å². The Morgan fingerprint density at radius 3 is 2.67 bits per heavy atom. The Bertz CT molecular complexity index is 278. The van der Waals surface area contributed by atoms with Crippen LogP contribution >= 0.6 is 0 Å². The van der Waals surface area contributed by atoms with Gasteiger partial charge in [0, 0.05) is 19.3 Å². The number of nitrogens with one attached hydrogen (secondary N) is 1. The molecule has 0 atom stereocenters. The van der Waals surface area contributed by atoms with Gasteiger partial charge >= 0.3 is 0 Å². The van der Waals surface area contributed by atoms with Crippen LogP contribution in [0.5, 0.6) is 0 Å². The lowest BCUT2D eigenvalue weighted by Gasteiger charge is -2.08. The van der Waals surface area contributed by atoms with Gasteiger partial charge in [0.2, 0.25) is 5.95 Å². The molecule has 1 N–H and O–H groups in total. The molecule has 0 amide bonds. The van der Waals surface area contributed by atoms with Crippen LogP contribution in [0, 0.1) is 6.92 Å². The Balaban J connectivity index is 2.51. The van der Waals surface area contributed by atoms with Gasteiger partial charge in [0.25, 0.3) is 0 Å². The molecule has 0 spiro atoms. The Kier molecular flexibility index (Phi) is 5.22. The normalized spacial score (nSPS) is 10.6. The molecule has 3 nitrogen and oxygen atoms in total. The summed E-state index contributed by atoms with van der Waals surface area (Å²) in [5, 5.41) is 3.40. The van der Waals surface area contributed by atoms with Crippen LogP contribution in [0.15, 0.2) is 6.20 Å². The molecule has 0 aromatic carbocycles. The zero-order valence-corrected chi connectivity index (χ0v) is 10.2. The largest absolute Gasteiger partial charge is 0.356 e. The van der Waals surface area contributed by atoms with Gasteiger partial charge in [-0.25, -0.2) is 4.98 Å². The predicted octanol–water partition coefficient (Wildman–Crippen LogP) is 3.20. The molecule has 0 aliphatic carbocycles. The van der Waals surface area contributed by atoms with E-state index in [-0.39, 0.29) is 0 Å². The molecule has 1 heterocycles. The Morgan fingerprint density at radius 2 is 2.00 bits per heavy atom. The Labute approximate surface area is 92.9 Å². The second-order valence-electron chi connectivity index (χ2n) is 4.03. The minimum atomic E-state index is 1.03. The van der Waals surface area contributed by atoms with E-state index in [1.54, 1.807) is 0 Å². The summed E-state index contributed by atoms with van der Waals surface area (Å²) in [5.74, 6) is 1.04. The first-order chi connectivity index (χ1) is 7.27. The van der Waals surface area contributed by atoms with Crippen molar-refractivity contribution in [1.29, 1.82) is 0 Å². The first-order valence-corrected chi connectivity index (χ1v) is 6.05. The van der Waals surface area contributed by atoms with Crippen molar-refractivity contribution < 1.29 is 0 Å². The number of hydrogen-bond acceptors (Lipinski definition) is 2. The van der Waals surface area contributed by atoms with Gasteiger partial charge in [-0.1, -0.05) is 26.7 Å². The summed E-state index contributed by atoms with van der Waals surface area (Å²) >= 11 is 0. The lowest BCUT2D eigenvalue weighted by atomic mass is 10.3. The van der Waals surface area contributed by atoms with E-state index in [4.69, 9.17) is 0 Å². The van der Waals surface area contributed by atoms with Gasteiger partial charge in [-0.05, 0) is 19.8 Å². The van der Waals surface area contributed by atoms with Crippen molar-refractivity contribution in [2.45, 2.75) is 53.0 Å². The molecule has 0 fully saturated rings. The van der Waals surface area contributed by atoms with Crippen LogP contribution in [0.1, 0.15) is 45.2 Å². The second kappa shape index (κ2) is 6.49. The summed E-state index contributed by atoms with van der Waals surface area (Å²) in [7, 11) is 0. The fraction of sp³-hybridized carbons (Fsp3) is 0.750. The average Bonchev–Trinajstić information content (AvgIpc) is 2.56. The molecule has 15 heavy (non-hydrogen) atoms. The third kappa shape index (κ3) is 3.94. The lowest BCUT2D eigenvalue weighted by molar-refractivity contribution is 0.633. The number of unbranched alkanes of at least 4 members (excludes halogenated alkanes) is 2. The number of aromatic nitrogens is 2. The molecular formula is C12H23N3. The molecule has 0 aliphatic rings. The number of imidazole rings is 1. The van der Waals surface area contributed by atoms with Crippen molar-refractivity contribution in [3.63, 3.8) is 0 Å². The molecular weight excluding hydrogens is 186 g/mol. The van der Waals surface area contributed by atoms with E-state index in [0.717, 1.165) is 24.7 Å². The summed E-state index contributed by atoms with van der Waals surface area (Å²) in [4.78, 5) is 4.49. The summed E-state index contributed by atoms with van der Waals surface area (Å²) in [5.41, 5.74) is 1.10. The van der Waals surface area contributed by atoms with Crippen LogP contribution < -0.4 is 5.32 Å². The standard InChI is InChI=1S/C12H23N3/c1-4-6-8-13-12-14-11(3)10-15(12)9-7-5-2/h10H,4-9H2,1-3H3,(H,13,14). The Morgan fingerprint density at radius 1 is 1.27 bits per heavy atom. The molecule has 0 saturated heterocycles. The van der Waals surface area contributed by atoms with Gasteiger partial charge in [0.15, 0.2) is 0 Å². The molecule has 0 bridgehead atoms. The van der Waals surface area contributed by atoms with E-state index in [0.29, 0.717) is 0 Å². The molecule has 86 valence electrons. The monoisotopic (exact) mass is 209 g/mol. The number of anilines is 1. The van der Waals surface area contributed by atoms with E-state index >= 15 is 0 Å². The fourth-order valence-electron chi connectivity index (χ4n) is 1.56. The van der Waals surface area contributed by atoms with Crippen molar-refractivity contribution in [2.24, 2.45) is 0 Å². The molecule has 1 aromatic rings. The molecule has 0 saturated carbocycles. The number of nitrogens with zero attached hydrogens (tertiary/aromatic N) is 2. The lowest BCUT2D eigenvalue weighted by Crippen LogP contribution is -2.08. The number of aryl methyl sites for hydroxylation is 2. The van der Waals surface area contributed by atoms with Crippen molar-refractivity contribution >= 4 is 5.95 Å². The highest BCUT2D eigenvalue weighted by atomic mass is 15.2. The van der Waals surface area contributed by atoms with Crippen LogP contribution in [0.4, 0.5) is 5.95 Å². The molecule has 1 rings (SSSR count). The van der Waals surface area contributed by atoms with Gasteiger partial charge in [0.1, 0.15) is 0 Å². The number of rotatable bonds is 7. The van der Waals surface area contributed by atoms with Crippen molar-refractivity contribution in [2.75, 3.05) is 11.9 Å². The summed E-state index contributed by atoms with van der Waals surface area (Å²) in [6.07, 6.45) is 7.01. The SMILES string of the molecule is CCCCNc1nc(C)cn1CCCC. The van der Waals surface area contributed by atoms with Crippen molar-refractivity contribution in [3.05, 3.63) is 11.9 Å². The minimum Gasteiger partial charge on any atom is -0.356 e. The van der Waals surface area contributed by atoms with Gasteiger partial charge in [-0.2, -0.15) is 0 Å². The first kappa shape index (κ1) is 12.1. The third-order valence-corrected chi connectivity index (χ3v) is 2.46. The topological polar surface area (TPSA) is 29.9 Å². The zero-order valence-electron chi connectivity index (χ0n) is 10.2. The minimum absolute atomic E-state index is 1.03. The first-order valence-electron chi connectivity index (χ1n) is 6.05. The quantitative estimate of drug-likeness (QED) is 0.699. The highest BCUT2D eigenvalue weighted by molar-refractivity contribution is 5.28. The van der Waals surface area contributed by atoms with E-state index in [2.05, 4.69) is 34.9 Å². The van der Waals surface area contributed by atoms with Crippen molar-refractivity contribution in [3.8, 4) is 0 Å². The van der Waals surface area contributed by atoms with Gasteiger partial charge in [0.05, 0.1) is 5.69 Å². The van der Waals surface area contributed by atoms with Crippen molar-refractivity contribution in [1.82, 2.24) is 9.55 Å². The number of hydrogen-bond donors (Lipinski definition) is 1. The van der Waals surface area contributed by atoms with Gasteiger partial charge in [-0.15, -0.1) is 0 Å². The fourth-order valence-corrected chi connectivity index (χ4v) is 1.56. The van der Waals surface area contributed by atoms with Crippen LogP contribution in [0.25, 0.3) is 0 Å². The van der Waals surface area contributed by atoms with Crippen LogP contribution in [0.2, 0.25) is 0 Å². The summed E-state index contributed by atoms with van der Waals surface area (Å²) < 4.78 is 2.23. The highest BCUT2D eigenvalue weighted by Crippen LogP contribution is 2.10. The third-order valence-electron chi connectivity index (χ3n) is 2.46. The van der Waals surface area contributed by atoms with Gasteiger partial charge in [-0.3, -0.25) is 0 Å². The predicted molar refractivity (Wildman–Crippen MR) is 65.3 cm³/mol. The average molecular weight is 209 g/mol. The molecule has 1 aromatic heterocycles. The highest BCUT2D eigenvalue weighted by Gasteiger charge is 2.03. The van der Waals surface area contributed by atoms with E-state index in [1.807, 2.05) is 6.92 Å². The summed E-state index contributed by atoms with van der Waals surface area (Å²) in [6, 6.07) is 0. The van der Waals surface area contributed by atoms with Crippen LogP contribution in [-0.2, 0) is 6.54 Å². The molecule has 0 radical (unpaired) electrons. The van der Waals surface area contributed by atoms with Crippen LogP contribution in [-0.4, -0.2) is 16.1 Å². The maximum Gasteiger partial charge on any atom is 0.203 e. The molecule has 3 heteroatoms. The zero-order chi connectivity index (χ0) is 11.1. The maximum atomic E-state index is 4.49. The smallest absolute Gasteiger partial charge is 0.203 e.